The molecule has 2 unspecified atom stereocenters. The number of rotatable bonds is 9. The fourth-order valence-electron chi connectivity index (χ4n) is 3.72. The maximum atomic E-state index is 11.7. The molecule has 0 saturated carbocycles. The number of benzene rings is 2. The number of carbonyl (C=O) groups is 2. The van der Waals surface area contributed by atoms with E-state index in [1.54, 1.807) is 39.8 Å². The second kappa shape index (κ2) is 9.60. The first kappa shape index (κ1) is 23.2. The summed E-state index contributed by atoms with van der Waals surface area (Å²) in [6.45, 7) is 7.30. The standard InChI is InChI=1S/C22H28N2O6/c1-11-7-13(3)17(15(25)9-11)19(21(27)28)23-5-6-24-20(22(29)30)18-14(4)8-12(2)10-16(18)26/h7-10,19-20,23-26H,5-6H2,1-4H3,(H,27,28)(H,29,30). The largest absolute Gasteiger partial charge is 0.508 e. The molecule has 8 heteroatoms. The van der Waals surface area contributed by atoms with Crippen molar-refractivity contribution in [3.05, 3.63) is 57.6 Å². The van der Waals surface area contributed by atoms with E-state index in [-0.39, 0.29) is 35.7 Å². The van der Waals surface area contributed by atoms with Crippen molar-refractivity contribution >= 4 is 11.9 Å². The lowest BCUT2D eigenvalue weighted by Crippen LogP contribution is -2.38. The Labute approximate surface area is 175 Å². The van der Waals surface area contributed by atoms with Crippen LogP contribution < -0.4 is 10.6 Å². The van der Waals surface area contributed by atoms with Gasteiger partial charge in [-0.25, -0.2) is 0 Å². The molecule has 0 spiro atoms. The fourth-order valence-corrected chi connectivity index (χ4v) is 3.72. The number of hydrogen-bond donors (Lipinski definition) is 6. The number of carboxylic acids is 2. The van der Waals surface area contributed by atoms with E-state index in [0.717, 1.165) is 11.1 Å². The van der Waals surface area contributed by atoms with Gasteiger partial charge in [0.05, 0.1) is 0 Å². The zero-order chi connectivity index (χ0) is 22.6. The van der Waals surface area contributed by atoms with Gasteiger partial charge in [0.25, 0.3) is 0 Å². The van der Waals surface area contributed by atoms with Crippen LogP contribution in [0.25, 0.3) is 0 Å². The molecule has 2 atom stereocenters. The van der Waals surface area contributed by atoms with Crippen molar-refractivity contribution in [3.8, 4) is 11.5 Å². The summed E-state index contributed by atoms with van der Waals surface area (Å²) in [5.41, 5.74) is 3.46. The monoisotopic (exact) mass is 416 g/mol. The van der Waals surface area contributed by atoms with Gasteiger partial charge in [-0.05, 0) is 62.1 Å². The molecule has 0 aliphatic carbocycles. The molecule has 0 fully saturated rings. The van der Waals surface area contributed by atoms with Gasteiger partial charge in [0.2, 0.25) is 0 Å². The number of phenolic OH excluding ortho intramolecular Hbond substituents is 2. The van der Waals surface area contributed by atoms with Crippen LogP contribution in [0.3, 0.4) is 0 Å². The van der Waals surface area contributed by atoms with Crippen LogP contribution in [0, 0.1) is 27.7 Å². The van der Waals surface area contributed by atoms with Crippen molar-refractivity contribution in [2.75, 3.05) is 13.1 Å². The number of hydrogen-bond acceptors (Lipinski definition) is 6. The van der Waals surface area contributed by atoms with Crippen molar-refractivity contribution in [3.63, 3.8) is 0 Å². The summed E-state index contributed by atoms with van der Waals surface area (Å²) < 4.78 is 0. The van der Waals surface area contributed by atoms with Gasteiger partial charge in [-0.1, -0.05) is 12.1 Å². The maximum Gasteiger partial charge on any atom is 0.325 e. The summed E-state index contributed by atoms with van der Waals surface area (Å²) >= 11 is 0. The lowest BCUT2D eigenvalue weighted by molar-refractivity contribution is -0.141. The average Bonchev–Trinajstić information content (AvgIpc) is 2.59. The normalized spacial score (nSPS) is 13.1. The molecular formula is C22H28N2O6. The van der Waals surface area contributed by atoms with E-state index in [1.165, 1.54) is 12.1 Å². The predicted octanol–water partition coefficient (Wildman–Crippen LogP) is 2.46. The third-order valence-corrected chi connectivity index (χ3v) is 4.91. The van der Waals surface area contributed by atoms with E-state index in [4.69, 9.17) is 0 Å². The highest BCUT2D eigenvalue weighted by Gasteiger charge is 2.26. The van der Waals surface area contributed by atoms with Crippen molar-refractivity contribution in [2.45, 2.75) is 39.8 Å². The second-order valence-corrected chi connectivity index (χ2v) is 7.48. The third-order valence-electron chi connectivity index (χ3n) is 4.91. The highest BCUT2D eigenvalue weighted by Crippen LogP contribution is 2.30. The van der Waals surface area contributed by atoms with Crippen molar-refractivity contribution < 1.29 is 30.0 Å². The molecule has 0 bridgehead atoms. The van der Waals surface area contributed by atoms with Gasteiger partial charge in [0.1, 0.15) is 23.6 Å². The van der Waals surface area contributed by atoms with Crippen LogP contribution in [0.2, 0.25) is 0 Å². The molecule has 6 N–H and O–H groups in total. The maximum absolute atomic E-state index is 11.7. The minimum Gasteiger partial charge on any atom is -0.508 e. The van der Waals surface area contributed by atoms with Gasteiger partial charge in [0.15, 0.2) is 0 Å². The third kappa shape index (κ3) is 5.28. The Kier molecular flexibility index (Phi) is 7.42. The van der Waals surface area contributed by atoms with Crippen LogP contribution in [0.5, 0.6) is 11.5 Å². The number of nitrogens with one attached hydrogen (secondary N) is 2. The van der Waals surface area contributed by atoms with E-state index in [0.29, 0.717) is 11.1 Å². The molecule has 2 aromatic rings. The van der Waals surface area contributed by atoms with E-state index < -0.39 is 24.0 Å². The molecule has 2 aromatic carbocycles. The van der Waals surface area contributed by atoms with Crippen LogP contribution >= 0.6 is 0 Å². The van der Waals surface area contributed by atoms with Gasteiger partial charge in [-0.15, -0.1) is 0 Å². The quantitative estimate of drug-likeness (QED) is 0.343. The summed E-state index contributed by atoms with van der Waals surface area (Å²) in [5, 5.41) is 45.3. The first-order valence-electron chi connectivity index (χ1n) is 9.55. The highest BCUT2D eigenvalue weighted by molar-refractivity contribution is 5.78. The Morgan fingerprint density at radius 3 is 1.33 bits per heavy atom. The van der Waals surface area contributed by atoms with Crippen molar-refractivity contribution in [1.29, 1.82) is 0 Å². The summed E-state index contributed by atoms with van der Waals surface area (Å²) in [6.07, 6.45) is 0. The van der Waals surface area contributed by atoms with E-state index >= 15 is 0 Å². The molecule has 162 valence electrons. The minimum absolute atomic E-state index is 0.107. The topological polar surface area (TPSA) is 139 Å². The zero-order valence-electron chi connectivity index (χ0n) is 17.5. The molecule has 0 saturated heterocycles. The van der Waals surface area contributed by atoms with Gasteiger partial charge in [-0.3, -0.25) is 20.2 Å². The molecule has 0 aliphatic rings. The SMILES string of the molecule is Cc1cc(C)c(C(NCCNC(C(=O)O)c2c(C)cc(C)cc2O)C(=O)O)c(O)c1. The minimum atomic E-state index is -1.15. The lowest BCUT2D eigenvalue weighted by atomic mass is 9.97. The van der Waals surface area contributed by atoms with Crippen LogP contribution in [0.4, 0.5) is 0 Å². The van der Waals surface area contributed by atoms with Gasteiger partial charge < -0.3 is 20.4 Å². The molecule has 2 rings (SSSR count). The number of aryl methyl sites for hydroxylation is 4. The Balaban J connectivity index is 2.12. The lowest BCUT2D eigenvalue weighted by Gasteiger charge is -2.21. The second-order valence-electron chi connectivity index (χ2n) is 7.48. The summed E-state index contributed by atoms with van der Waals surface area (Å²) in [4.78, 5) is 23.5. The Morgan fingerprint density at radius 1 is 0.733 bits per heavy atom. The van der Waals surface area contributed by atoms with Crippen LogP contribution in [-0.4, -0.2) is 45.5 Å². The molecule has 0 heterocycles. The van der Waals surface area contributed by atoms with E-state index in [2.05, 4.69) is 10.6 Å². The van der Waals surface area contributed by atoms with Gasteiger partial charge >= 0.3 is 11.9 Å². The number of aliphatic carboxylic acids is 2. The van der Waals surface area contributed by atoms with Gasteiger partial charge in [-0.2, -0.15) is 0 Å². The summed E-state index contributed by atoms with van der Waals surface area (Å²) in [7, 11) is 0. The van der Waals surface area contributed by atoms with Crippen LogP contribution in [0.15, 0.2) is 24.3 Å². The molecule has 0 radical (unpaired) electrons. The molecule has 8 nitrogen and oxygen atoms in total. The Hall–Kier alpha value is -3.10. The number of carboxylic acid groups (broad SMARTS) is 2. The first-order chi connectivity index (χ1) is 14.0. The Morgan fingerprint density at radius 2 is 1.07 bits per heavy atom. The Bertz CT molecular complexity index is 833. The van der Waals surface area contributed by atoms with Crippen LogP contribution in [-0.2, 0) is 9.59 Å². The highest BCUT2D eigenvalue weighted by atomic mass is 16.4. The smallest absolute Gasteiger partial charge is 0.325 e. The fraction of sp³-hybridized carbons (Fsp3) is 0.364. The first-order valence-corrected chi connectivity index (χ1v) is 9.55. The predicted molar refractivity (Wildman–Crippen MR) is 112 cm³/mol. The van der Waals surface area contributed by atoms with Crippen molar-refractivity contribution in [2.24, 2.45) is 0 Å². The summed E-state index contributed by atoms with van der Waals surface area (Å²) in [5.74, 6) is -2.52. The van der Waals surface area contributed by atoms with Gasteiger partial charge in [0, 0.05) is 24.2 Å². The molecule has 30 heavy (non-hydrogen) atoms. The zero-order valence-corrected chi connectivity index (χ0v) is 17.5. The van der Waals surface area contributed by atoms with Crippen LogP contribution in [0.1, 0.15) is 45.5 Å². The molecule has 0 amide bonds. The number of phenols is 2. The number of aromatic hydroxyl groups is 2. The average molecular weight is 416 g/mol. The van der Waals surface area contributed by atoms with Crippen molar-refractivity contribution in [1.82, 2.24) is 10.6 Å². The molecule has 0 aromatic heterocycles. The summed E-state index contributed by atoms with van der Waals surface area (Å²) in [6, 6.07) is 4.28. The van der Waals surface area contributed by atoms with E-state index in [9.17, 15) is 30.0 Å². The van der Waals surface area contributed by atoms with E-state index in [1.807, 2.05) is 0 Å². The molecular weight excluding hydrogens is 388 g/mol. The molecule has 0 aliphatic heterocycles.